The molecule has 2 aromatic carbocycles. The molecule has 1 N–H and O–H groups in total. The molecule has 0 aliphatic carbocycles. The van der Waals surface area contributed by atoms with E-state index in [0.717, 1.165) is 16.6 Å². The molecule has 0 radical (unpaired) electrons. The highest BCUT2D eigenvalue weighted by Crippen LogP contribution is 2.29. The van der Waals surface area contributed by atoms with Crippen LogP contribution in [0.5, 0.6) is 5.75 Å². The molecule has 0 fully saturated rings. The molecule has 21 heavy (non-hydrogen) atoms. The van der Waals surface area contributed by atoms with E-state index in [0.29, 0.717) is 22.9 Å². The van der Waals surface area contributed by atoms with Crippen LogP contribution in [0.15, 0.2) is 54.6 Å². The number of rotatable bonds is 4. The summed E-state index contributed by atoms with van der Waals surface area (Å²) in [5.74, 6) is 0.511. The summed E-state index contributed by atoms with van der Waals surface area (Å²) in [6, 6.07) is 17.2. The highest BCUT2D eigenvalue weighted by Gasteiger charge is 2.08. The number of hydrogen-bond acceptors (Lipinski definition) is 3. The van der Waals surface area contributed by atoms with E-state index < -0.39 is 0 Å². The van der Waals surface area contributed by atoms with Crippen LogP contribution in [0.2, 0.25) is 5.02 Å². The van der Waals surface area contributed by atoms with Crippen molar-refractivity contribution < 1.29 is 9.84 Å². The summed E-state index contributed by atoms with van der Waals surface area (Å²) in [6.45, 7) is 0.197. The van der Waals surface area contributed by atoms with Crippen molar-refractivity contribution in [1.82, 2.24) is 4.98 Å². The lowest BCUT2D eigenvalue weighted by molar-refractivity contribution is 0.258. The second-order valence-electron chi connectivity index (χ2n) is 4.67. The maximum atomic E-state index is 9.33. The first-order valence-corrected chi connectivity index (χ1v) is 7.01. The molecule has 106 valence electrons. The zero-order valence-corrected chi connectivity index (χ0v) is 12.0. The van der Waals surface area contributed by atoms with E-state index in [1.807, 2.05) is 36.4 Å². The number of ether oxygens (including phenoxy) is 1. The van der Waals surface area contributed by atoms with Crippen LogP contribution in [0, 0.1) is 0 Å². The van der Waals surface area contributed by atoms with Gasteiger partial charge in [-0.05, 0) is 18.2 Å². The van der Waals surface area contributed by atoms with Crippen molar-refractivity contribution in [3.8, 4) is 5.75 Å². The zero-order chi connectivity index (χ0) is 14.7. The van der Waals surface area contributed by atoms with Crippen LogP contribution in [-0.4, -0.2) is 10.1 Å². The number of benzene rings is 2. The van der Waals surface area contributed by atoms with Gasteiger partial charge in [-0.2, -0.15) is 0 Å². The number of para-hydroxylation sites is 2. The molecular formula is C17H14ClNO2. The Morgan fingerprint density at radius 3 is 2.71 bits per heavy atom. The Morgan fingerprint density at radius 2 is 1.86 bits per heavy atom. The smallest absolute Gasteiger partial charge is 0.143 e. The van der Waals surface area contributed by atoms with Gasteiger partial charge >= 0.3 is 0 Å². The normalized spacial score (nSPS) is 10.8. The Balaban J connectivity index is 1.83. The number of hydrogen-bond donors (Lipinski definition) is 1. The Hall–Kier alpha value is -2.10. The highest BCUT2D eigenvalue weighted by molar-refractivity contribution is 6.32. The summed E-state index contributed by atoms with van der Waals surface area (Å²) in [6.07, 6.45) is 0. The Morgan fingerprint density at radius 1 is 1.00 bits per heavy atom. The highest BCUT2D eigenvalue weighted by atomic mass is 35.5. The van der Waals surface area contributed by atoms with Gasteiger partial charge in [-0.1, -0.05) is 48.0 Å². The fourth-order valence-electron chi connectivity index (χ4n) is 2.17. The van der Waals surface area contributed by atoms with Gasteiger partial charge in [0.15, 0.2) is 0 Å². The van der Waals surface area contributed by atoms with Gasteiger partial charge in [0.25, 0.3) is 0 Å². The Bertz CT molecular complexity index is 774. The molecule has 1 heterocycles. The van der Waals surface area contributed by atoms with E-state index in [2.05, 4.69) is 4.98 Å². The molecule has 0 bridgehead atoms. The number of aliphatic hydroxyl groups excluding tert-OH is 1. The summed E-state index contributed by atoms with van der Waals surface area (Å²) >= 11 is 6.11. The molecule has 0 unspecified atom stereocenters. The van der Waals surface area contributed by atoms with Crippen LogP contribution in [0.25, 0.3) is 10.9 Å². The Labute approximate surface area is 127 Å². The van der Waals surface area contributed by atoms with Crippen LogP contribution >= 0.6 is 11.6 Å². The van der Waals surface area contributed by atoms with E-state index in [1.165, 1.54) is 0 Å². The number of halogens is 1. The average Bonchev–Trinajstić information content (AvgIpc) is 2.53. The monoisotopic (exact) mass is 299 g/mol. The van der Waals surface area contributed by atoms with Crippen molar-refractivity contribution in [3.63, 3.8) is 0 Å². The van der Waals surface area contributed by atoms with Crippen LogP contribution in [0.4, 0.5) is 0 Å². The van der Waals surface area contributed by atoms with Crippen molar-refractivity contribution in [1.29, 1.82) is 0 Å². The molecule has 0 saturated heterocycles. The molecule has 0 amide bonds. The molecule has 0 aliphatic heterocycles. The topological polar surface area (TPSA) is 42.4 Å². The largest absolute Gasteiger partial charge is 0.485 e. The summed E-state index contributed by atoms with van der Waals surface area (Å²) in [5, 5.41) is 10.9. The van der Waals surface area contributed by atoms with E-state index in [-0.39, 0.29) is 6.61 Å². The molecule has 0 atom stereocenters. The molecule has 0 saturated carbocycles. The number of nitrogens with zero attached hydrogens (tertiary/aromatic N) is 1. The average molecular weight is 300 g/mol. The van der Waals surface area contributed by atoms with Gasteiger partial charge in [0.05, 0.1) is 22.8 Å². The zero-order valence-electron chi connectivity index (χ0n) is 11.3. The first kappa shape index (κ1) is 13.9. The van der Waals surface area contributed by atoms with Gasteiger partial charge in [-0.15, -0.1) is 0 Å². The lowest BCUT2D eigenvalue weighted by Crippen LogP contribution is -2.01. The van der Waals surface area contributed by atoms with Gasteiger partial charge in [-0.3, -0.25) is 0 Å². The standard InChI is InChI=1S/C17H14ClNO2/c18-15-6-3-5-13(10-20)17(15)21-11-14-9-8-12-4-1-2-7-16(12)19-14/h1-9,20H,10-11H2. The molecule has 0 aliphatic rings. The third kappa shape index (κ3) is 2.99. The van der Waals surface area contributed by atoms with Crippen LogP contribution < -0.4 is 4.74 Å². The van der Waals surface area contributed by atoms with Gasteiger partial charge in [0.2, 0.25) is 0 Å². The fraction of sp³-hybridized carbons (Fsp3) is 0.118. The van der Waals surface area contributed by atoms with E-state index in [1.54, 1.807) is 18.2 Å². The van der Waals surface area contributed by atoms with Crippen molar-refractivity contribution in [2.24, 2.45) is 0 Å². The van der Waals surface area contributed by atoms with Crippen molar-refractivity contribution >= 4 is 22.5 Å². The summed E-state index contributed by atoms with van der Waals surface area (Å²) < 4.78 is 5.74. The summed E-state index contributed by atoms with van der Waals surface area (Å²) in [5.41, 5.74) is 2.42. The minimum absolute atomic E-state index is 0.110. The fourth-order valence-corrected chi connectivity index (χ4v) is 2.42. The van der Waals surface area contributed by atoms with Crippen molar-refractivity contribution in [2.75, 3.05) is 0 Å². The lowest BCUT2D eigenvalue weighted by atomic mass is 10.2. The van der Waals surface area contributed by atoms with Gasteiger partial charge in [0.1, 0.15) is 12.4 Å². The SMILES string of the molecule is OCc1cccc(Cl)c1OCc1ccc2ccccc2n1. The second-order valence-corrected chi connectivity index (χ2v) is 5.08. The molecular weight excluding hydrogens is 286 g/mol. The third-order valence-corrected chi connectivity index (χ3v) is 3.54. The maximum absolute atomic E-state index is 9.33. The quantitative estimate of drug-likeness (QED) is 0.793. The summed E-state index contributed by atoms with van der Waals surface area (Å²) in [4.78, 5) is 4.54. The van der Waals surface area contributed by atoms with Crippen LogP contribution in [0.1, 0.15) is 11.3 Å². The predicted octanol–water partition coefficient (Wildman–Crippen LogP) is 3.96. The molecule has 3 rings (SSSR count). The van der Waals surface area contributed by atoms with Crippen LogP contribution in [0.3, 0.4) is 0 Å². The van der Waals surface area contributed by atoms with Gasteiger partial charge < -0.3 is 9.84 Å². The van der Waals surface area contributed by atoms with Crippen molar-refractivity contribution in [3.05, 3.63) is 70.9 Å². The second kappa shape index (κ2) is 6.12. The summed E-state index contributed by atoms with van der Waals surface area (Å²) in [7, 11) is 0. The van der Waals surface area contributed by atoms with Gasteiger partial charge in [-0.25, -0.2) is 4.98 Å². The minimum Gasteiger partial charge on any atom is -0.485 e. The van der Waals surface area contributed by atoms with E-state index in [4.69, 9.17) is 16.3 Å². The predicted molar refractivity (Wildman–Crippen MR) is 83.4 cm³/mol. The lowest BCUT2D eigenvalue weighted by Gasteiger charge is -2.11. The van der Waals surface area contributed by atoms with Crippen molar-refractivity contribution in [2.45, 2.75) is 13.2 Å². The van der Waals surface area contributed by atoms with Crippen LogP contribution in [-0.2, 0) is 13.2 Å². The van der Waals surface area contributed by atoms with E-state index >= 15 is 0 Å². The third-order valence-electron chi connectivity index (χ3n) is 3.24. The minimum atomic E-state index is -0.110. The number of aliphatic hydroxyl groups is 1. The molecule has 0 spiro atoms. The van der Waals surface area contributed by atoms with E-state index in [9.17, 15) is 5.11 Å². The molecule has 4 heteroatoms. The number of aromatic nitrogens is 1. The maximum Gasteiger partial charge on any atom is 0.143 e. The first-order chi connectivity index (χ1) is 10.3. The number of pyridine rings is 1. The molecule has 3 nitrogen and oxygen atoms in total. The number of fused-ring (bicyclic) bond motifs is 1. The molecule has 1 aromatic heterocycles. The van der Waals surface area contributed by atoms with Gasteiger partial charge in [0, 0.05) is 10.9 Å². The first-order valence-electron chi connectivity index (χ1n) is 6.63. The molecule has 3 aromatic rings. The Kier molecular flexibility index (Phi) is 4.04.